The molecule has 1 aliphatic rings. The minimum atomic E-state index is -3.65. The molecule has 34 heavy (non-hydrogen) atoms. The minimum absolute atomic E-state index is 0.0334. The number of ether oxygens (including phenoxy) is 1. The fraction of sp³-hybridized carbons (Fsp3) is 0.375. The van der Waals surface area contributed by atoms with Gasteiger partial charge in [0.25, 0.3) is 0 Å². The lowest BCUT2D eigenvalue weighted by atomic mass is 10.1. The Labute approximate surface area is 197 Å². The molecule has 0 bridgehead atoms. The van der Waals surface area contributed by atoms with E-state index in [1.165, 1.54) is 34.0 Å². The number of carbonyl (C=O) groups excluding carboxylic acids is 2. The number of rotatable bonds is 8. The van der Waals surface area contributed by atoms with Gasteiger partial charge in [0, 0.05) is 31.3 Å². The number of sulfonamides is 1. The van der Waals surface area contributed by atoms with E-state index in [0.29, 0.717) is 24.2 Å². The summed E-state index contributed by atoms with van der Waals surface area (Å²) in [6.45, 7) is 4.32. The van der Waals surface area contributed by atoms with Gasteiger partial charge in [0.1, 0.15) is 0 Å². The molecule has 0 saturated carbocycles. The molecule has 0 N–H and O–H groups in total. The highest BCUT2D eigenvalue weighted by atomic mass is 32.2. The van der Waals surface area contributed by atoms with Crippen LogP contribution in [-0.4, -0.2) is 48.2 Å². The second kappa shape index (κ2) is 9.55. The van der Waals surface area contributed by atoms with Crippen LogP contribution in [0.2, 0.25) is 0 Å². The van der Waals surface area contributed by atoms with Crippen LogP contribution in [0.3, 0.4) is 0 Å². The van der Waals surface area contributed by atoms with Gasteiger partial charge in [-0.15, -0.1) is 0 Å². The Morgan fingerprint density at radius 2 is 1.76 bits per heavy atom. The molecule has 1 saturated heterocycles. The Kier molecular flexibility index (Phi) is 6.72. The first-order valence-corrected chi connectivity index (χ1v) is 12.5. The zero-order valence-corrected chi connectivity index (χ0v) is 19.8. The van der Waals surface area contributed by atoms with E-state index in [1.54, 1.807) is 24.3 Å². The number of Topliss-reactive ketones (excluding diaryl/α,β-unsaturated/α-hetero) is 1. The zero-order chi connectivity index (χ0) is 24.5. The molecule has 10 heteroatoms. The molecular weight excluding hydrogens is 460 g/mol. The van der Waals surface area contributed by atoms with E-state index in [1.807, 2.05) is 6.92 Å². The second-order valence-corrected chi connectivity index (χ2v) is 10.3. The van der Waals surface area contributed by atoms with E-state index in [2.05, 4.69) is 0 Å². The summed E-state index contributed by atoms with van der Waals surface area (Å²) in [4.78, 5) is 37.2. The molecule has 1 aliphatic heterocycles. The minimum Gasteiger partial charge on any atom is -0.454 e. The van der Waals surface area contributed by atoms with E-state index in [-0.39, 0.29) is 29.2 Å². The summed E-state index contributed by atoms with van der Waals surface area (Å²) >= 11 is 0. The van der Waals surface area contributed by atoms with Crippen LogP contribution < -0.4 is 5.76 Å². The topological polar surface area (TPSA) is 116 Å². The lowest BCUT2D eigenvalue weighted by molar-refractivity contribution is -0.146. The number of esters is 1. The maximum absolute atomic E-state index is 12.8. The first-order valence-electron chi connectivity index (χ1n) is 11.1. The van der Waals surface area contributed by atoms with Crippen molar-refractivity contribution in [2.75, 3.05) is 13.1 Å². The van der Waals surface area contributed by atoms with Crippen molar-refractivity contribution in [2.24, 2.45) is 0 Å². The molecule has 0 amide bonds. The highest BCUT2D eigenvalue weighted by molar-refractivity contribution is 7.89. The molecule has 0 radical (unpaired) electrons. The summed E-state index contributed by atoms with van der Waals surface area (Å²) in [5.41, 5.74) is 1.96. The molecular formula is C24H26N2O7S. The number of hydrogen-bond acceptors (Lipinski definition) is 7. The molecule has 2 heterocycles. The maximum atomic E-state index is 12.8. The molecule has 3 aromatic rings. The first kappa shape index (κ1) is 23.9. The van der Waals surface area contributed by atoms with Gasteiger partial charge in [0.2, 0.25) is 15.8 Å². The van der Waals surface area contributed by atoms with Crippen molar-refractivity contribution in [3.8, 4) is 0 Å². The van der Waals surface area contributed by atoms with Gasteiger partial charge in [-0.05, 0) is 38.8 Å². The molecule has 0 spiro atoms. The van der Waals surface area contributed by atoms with E-state index >= 15 is 0 Å². The summed E-state index contributed by atoms with van der Waals surface area (Å²) in [6, 6.07) is 11.2. The van der Waals surface area contributed by atoms with Gasteiger partial charge >= 0.3 is 11.7 Å². The van der Waals surface area contributed by atoms with Crippen LogP contribution in [-0.2, 0) is 26.1 Å². The normalized spacial score (nSPS) is 15.5. The van der Waals surface area contributed by atoms with Gasteiger partial charge in [-0.25, -0.2) is 13.2 Å². The van der Waals surface area contributed by atoms with Gasteiger partial charge in [-0.1, -0.05) is 29.8 Å². The number of aromatic nitrogens is 1. The highest BCUT2D eigenvalue weighted by Gasteiger charge is 2.28. The average Bonchev–Trinajstić information content (AvgIpc) is 3.45. The van der Waals surface area contributed by atoms with Crippen molar-refractivity contribution >= 4 is 32.9 Å². The zero-order valence-electron chi connectivity index (χ0n) is 19.0. The number of nitrogens with zero attached hydrogens (tertiary/aromatic N) is 2. The van der Waals surface area contributed by atoms with Crippen molar-refractivity contribution in [3.05, 3.63) is 64.1 Å². The number of oxazole rings is 1. The lowest BCUT2D eigenvalue weighted by Gasteiger charge is -2.15. The third-order valence-electron chi connectivity index (χ3n) is 5.90. The molecule has 1 fully saturated rings. The van der Waals surface area contributed by atoms with E-state index in [9.17, 15) is 22.8 Å². The quantitative estimate of drug-likeness (QED) is 0.355. The predicted molar refractivity (Wildman–Crippen MR) is 124 cm³/mol. The Hall–Kier alpha value is -3.24. The van der Waals surface area contributed by atoms with Gasteiger partial charge in [0.15, 0.2) is 11.7 Å². The largest absolute Gasteiger partial charge is 0.454 e. The Morgan fingerprint density at radius 3 is 2.44 bits per heavy atom. The summed E-state index contributed by atoms with van der Waals surface area (Å²) in [5.74, 6) is -1.66. The van der Waals surface area contributed by atoms with Crippen LogP contribution in [0.25, 0.3) is 11.1 Å². The van der Waals surface area contributed by atoms with Gasteiger partial charge in [-0.3, -0.25) is 14.2 Å². The number of carbonyl (C=O) groups is 2. The standard InChI is InChI=1S/C24H26N2O7S/c1-16-5-7-18(8-6-16)23(28)17(2)32-22(27)11-14-26-20-10-9-19(15-21(20)33-24(26)29)34(30,31)25-12-3-4-13-25/h5-10,15,17H,3-4,11-14H2,1-2H3. The van der Waals surface area contributed by atoms with E-state index in [4.69, 9.17) is 9.15 Å². The third kappa shape index (κ3) is 4.83. The number of benzene rings is 2. The van der Waals surface area contributed by atoms with Crippen molar-refractivity contribution < 1.29 is 27.2 Å². The predicted octanol–water partition coefficient (Wildman–Crippen LogP) is 2.89. The van der Waals surface area contributed by atoms with Gasteiger partial charge in [0.05, 0.1) is 16.8 Å². The van der Waals surface area contributed by atoms with Crippen molar-refractivity contribution in [1.29, 1.82) is 0 Å². The second-order valence-electron chi connectivity index (χ2n) is 8.37. The smallest absolute Gasteiger partial charge is 0.419 e. The summed E-state index contributed by atoms with van der Waals surface area (Å²) in [5, 5.41) is 0. The highest BCUT2D eigenvalue weighted by Crippen LogP contribution is 2.24. The Bertz CT molecular complexity index is 1380. The van der Waals surface area contributed by atoms with Crippen LogP contribution in [0.4, 0.5) is 0 Å². The Morgan fingerprint density at radius 1 is 1.09 bits per heavy atom. The van der Waals surface area contributed by atoms with Crippen LogP contribution >= 0.6 is 0 Å². The fourth-order valence-corrected chi connectivity index (χ4v) is 5.49. The number of aryl methyl sites for hydroxylation is 2. The van der Waals surface area contributed by atoms with Crippen molar-refractivity contribution in [2.45, 2.75) is 50.7 Å². The van der Waals surface area contributed by atoms with Crippen molar-refractivity contribution in [3.63, 3.8) is 0 Å². The third-order valence-corrected chi connectivity index (χ3v) is 7.79. The van der Waals surface area contributed by atoms with Crippen LogP contribution in [0.1, 0.15) is 42.1 Å². The first-order chi connectivity index (χ1) is 16.2. The number of hydrogen-bond donors (Lipinski definition) is 0. The maximum Gasteiger partial charge on any atom is 0.419 e. The monoisotopic (exact) mass is 486 g/mol. The van der Waals surface area contributed by atoms with Gasteiger partial charge < -0.3 is 9.15 Å². The SMILES string of the molecule is Cc1ccc(C(=O)C(C)OC(=O)CCn2c(=O)oc3cc(S(=O)(=O)N4CCCC4)ccc32)cc1. The number of ketones is 1. The molecule has 1 unspecified atom stereocenters. The fourth-order valence-electron chi connectivity index (χ4n) is 3.96. The van der Waals surface area contributed by atoms with Crippen molar-refractivity contribution in [1.82, 2.24) is 8.87 Å². The molecule has 2 aromatic carbocycles. The Balaban J connectivity index is 1.43. The van der Waals surface area contributed by atoms with Crippen LogP contribution in [0, 0.1) is 6.92 Å². The molecule has 1 aromatic heterocycles. The molecule has 1 atom stereocenters. The van der Waals surface area contributed by atoms with E-state index in [0.717, 1.165) is 18.4 Å². The average molecular weight is 487 g/mol. The van der Waals surface area contributed by atoms with Crippen LogP contribution in [0.5, 0.6) is 0 Å². The van der Waals surface area contributed by atoms with Crippen LogP contribution in [0.15, 0.2) is 56.6 Å². The molecule has 4 rings (SSSR count). The summed E-state index contributed by atoms with van der Waals surface area (Å²) < 4.78 is 38.7. The summed E-state index contributed by atoms with van der Waals surface area (Å²) in [7, 11) is -3.65. The molecule has 0 aliphatic carbocycles. The number of fused-ring (bicyclic) bond motifs is 1. The van der Waals surface area contributed by atoms with E-state index < -0.39 is 27.9 Å². The lowest BCUT2D eigenvalue weighted by Crippen LogP contribution is -2.27. The summed E-state index contributed by atoms with van der Waals surface area (Å²) in [6.07, 6.45) is 0.510. The molecule has 9 nitrogen and oxygen atoms in total. The molecule has 180 valence electrons. The van der Waals surface area contributed by atoms with Gasteiger partial charge in [-0.2, -0.15) is 4.31 Å².